The highest BCUT2D eigenvalue weighted by molar-refractivity contribution is 7.17. The summed E-state index contributed by atoms with van der Waals surface area (Å²) in [6.45, 7) is 3.97. The van der Waals surface area contributed by atoms with Gasteiger partial charge in [-0.05, 0) is 31.3 Å². The molecular formula is C18H21N5OS. The molecule has 0 saturated carbocycles. The molecule has 1 aromatic carbocycles. The van der Waals surface area contributed by atoms with Crippen LogP contribution in [0.25, 0.3) is 10.9 Å². The summed E-state index contributed by atoms with van der Waals surface area (Å²) in [7, 11) is 3.94. The van der Waals surface area contributed by atoms with Gasteiger partial charge in [-0.25, -0.2) is 4.98 Å². The van der Waals surface area contributed by atoms with Crippen LogP contribution in [0.2, 0.25) is 0 Å². The summed E-state index contributed by atoms with van der Waals surface area (Å²) < 4.78 is 0. The Hall–Kier alpha value is -2.38. The average molecular weight is 355 g/mol. The first-order valence-electron chi connectivity index (χ1n) is 8.36. The van der Waals surface area contributed by atoms with Crippen LogP contribution in [0.4, 0.5) is 10.8 Å². The van der Waals surface area contributed by atoms with Crippen LogP contribution in [0.15, 0.2) is 36.7 Å². The molecule has 25 heavy (non-hydrogen) atoms. The van der Waals surface area contributed by atoms with Gasteiger partial charge in [0.05, 0.1) is 6.20 Å². The number of H-pyrrole nitrogens is 1. The van der Waals surface area contributed by atoms with Crippen molar-refractivity contribution in [1.82, 2.24) is 14.9 Å². The van der Waals surface area contributed by atoms with Crippen molar-refractivity contribution in [3.63, 3.8) is 0 Å². The second-order valence-electron chi connectivity index (χ2n) is 6.41. The zero-order chi connectivity index (χ0) is 17.4. The molecular weight excluding hydrogens is 334 g/mol. The van der Waals surface area contributed by atoms with Crippen LogP contribution < -0.4 is 9.80 Å². The van der Waals surface area contributed by atoms with E-state index in [9.17, 15) is 4.79 Å². The first-order valence-corrected chi connectivity index (χ1v) is 9.18. The molecule has 0 spiro atoms. The molecule has 0 atom stereocenters. The van der Waals surface area contributed by atoms with Gasteiger partial charge in [-0.15, -0.1) is 0 Å². The van der Waals surface area contributed by atoms with Crippen LogP contribution in [0, 0.1) is 0 Å². The Morgan fingerprint density at radius 1 is 1.24 bits per heavy atom. The molecule has 1 saturated heterocycles. The normalized spacial score (nSPS) is 15.7. The average Bonchev–Trinajstić information content (AvgIpc) is 3.29. The minimum absolute atomic E-state index is 0.0206. The lowest BCUT2D eigenvalue weighted by molar-refractivity contribution is 0.0996. The van der Waals surface area contributed by atoms with Crippen molar-refractivity contribution in [3.8, 4) is 0 Å². The lowest BCUT2D eigenvalue weighted by atomic mass is 10.2. The van der Waals surface area contributed by atoms with Crippen LogP contribution in [0.5, 0.6) is 0 Å². The number of thiazole rings is 1. The second kappa shape index (κ2) is 6.50. The van der Waals surface area contributed by atoms with Gasteiger partial charge in [-0.3, -0.25) is 4.79 Å². The van der Waals surface area contributed by atoms with Gasteiger partial charge >= 0.3 is 0 Å². The number of benzene rings is 1. The third-order valence-electron chi connectivity index (χ3n) is 4.71. The first-order chi connectivity index (χ1) is 12.1. The molecule has 1 fully saturated rings. The molecule has 1 aliphatic heterocycles. The summed E-state index contributed by atoms with van der Waals surface area (Å²) in [5.41, 5.74) is 1.95. The number of nitrogens with zero attached hydrogens (tertiary/aromatic N) is 4. The van der Waals surface area contributed by atoms with Crippen molar-refractivity contribution in [3.05, 3.63) is 41.5 Å². The highest BCUT2D eigenvalue weighted by Crippen LogP contribution is 2.27. The first kappa shape index (κ1) is 16.1. The van der Waals surface area contributed by atoms with E-state index in [0.29, 0.717) is 4.88 Å². The summed E-state index contributed by atoms with van der Waals surface area (Å²) in [6.07, 6.45) is 3.60. The molecule has 3 heterocycles. The Morgan fingerprint density at radius 3 is 2.84 bits per heavy atom. The lowest BCUT2D eigenvalue weighted by Crippen LogP contribution is -2.44. The van der Waals surface area contributed by atoms with Gasteiger partial charge in [0.15, 0.2) is 5.13 Å². The van der Waals surface area contributed by atoms with Crippen LogP contribution in [-0.4, -0.2) is 61.0 Å². The topological polar surface area (TPSA) is 55.5 Å². The van der Waals surface area contributed by atoms with Crippen LogP contribution in [-0.2, 0) is 0 Å². The van der Waals surface area contributed by atoms with E-state index >= 15 is 0 Å². The number of carbonyl (C=O) groups excluding carboxylic acids is 1. The van der Waals surface area contributed by atoms with Crippen molar-refractivity contribution in [2.24, 2.45) is 0 Å². The largest absolute Gasteiger partial charge is 0.361 e. The third kappa shape index (κ3) is 3.12. The number of hydrogen-bond acceptors (Lipinski definition) is 5. The Bertz CT molecular complexity index is 894. The maximum atomic E-state index is 12.8. The monoisotopic (exact) mass is 355 g/mol. The van der Waals surface area contributed by atoms with Crippen LogP contribution in [0.1, 0.15) is 9.67 Å². The number of aromatic nitrogens is 2. The van der Waals surface area contributed by atoms with Crippen molar-refractivity contribution in [2.45, 2.75) is 0 Å². The smallest absolute Gasteiger partial charge is 0.269 e. The highest BCUT2D eigenvalue weighted by Gasteiger charge is 2.21. The Balaban J connectivity index is 1.52. The second-order valence-corrected chi connectivity index (χ2v) is 7.42. The Kier molecular flexibility index (Phi) is 4.19. The van der Waals surface area contributed by atoms with Gasteiger partial charge in [0.1, 0.15) is 4.88 Å². The van der Waals surface area contributed by atoms with E-state index < -0.39 is 0 Å². The number of likely N-dealkylation sites (N-methyl/N-ethyl adjacent to an activating group) is 1. The molecule has 0 unspecified atom stereocenters. The number of amides is 1. The van der Waals surface area contributed by atoms with Crippen molar-refractivity contribution < 1.29 is 4.79 Å². The number of nitrogens with one attached hydrogen (secondary N) is 1. The number of aromatic amines is 1. The number of carbonyl (C=O) groups is 1. The molecule has 0 radical (unpaired) electrons. The number of piperazine rings is 1. The van der Waals surface area contributed by atoms with Gasteiger partial charge < -0.3 is 19.7 Å². The number of fused-ring (bicyclic) bond motifs is 1. The zero-order valence-corrected chi connectivity index (χ0v) is 15.2. The van der Waals surface area contributed by atoms with Gasteiger partial charge in [-0.1, -0.05) is 11.3 Å². The molecule has 3 aromatic rings. The molecule has 1 amide bonds. The maximum Gasteiger partial charge on any atom is 0.269 e. The lowest BCUT2D eigenvalue weighted by Gasteiger charge is -2.32. The molecule has 0 aliphatic carbocycles. The minimum atomic E-state index is -0.0206. The summed E-state index contributed by atoms with van der Waals surface area (Å²) in [5, 5.41) is 2.03. The molecule has 1 aliphatic rings. The van der Waals surface area contributed by atoms with E-state index in [1.165, 1.54) is 11.3 Å². The van der Waals surface area contributed by atoms with E-state index in [-0.39, 0.29) is 5.91 Å². The SMILES string of the molecule is CN1CCN(c2ncc(C(=O)N(C)c3ccc4[nH]ccc4c3)s2)CC1. The van der Waals surface area contributed by atoms with Crippen molar-refractivity contribution in [1.29, 1.82) is 0 Å². The minimum Gasteiger partial charge on any atom is -0.361 e. The molecule has 7 heteroatoms. The van der Waals surface area contributed by atoms with E-state index in [4.69, 9.17) is 0 Å². The summed E-state index contributed by atoms with van der Waals surface area (Å²) in [4.78, 5) is 27.4. The standard InChI is InChI=1S/C18H21N5OS/c1-21-7-9-23(10-8-21)18-20-12-16(25-18)17(24)22(2)14-3-4-15-13(11-14)5-6-19-15/h3-6,11-12,19H,7-10H2,1-2H3. The number of anilines is 2. The molecule has 6 nitrogen and oxygen atoms in total. The molecule has 2 aromatic heterocycles. The predicted molar refractivity (Wildman–Crippen MR) is 103 cm³/mol. The fourth-order valence-electron chi connectivity index (χ4n) is 3.04. The van der Waals surface area contributed by atoms with Gasteiger partial charge in [0.2, 0.25) is 0 Å². The summed E-state index contributed by atoms with van der Waals surface area (Å²) >= 11 is 1.48. The van der Waals surface area contributed by atoms with E-state index in [1.807, 2.05) is 37.5 Å². The highest BCUT2D eigenvalue weighted by atomic mass is 32.1. The fraction of sp³-hybridized carbons (Fsp3) is 0.333. The quantitative estimate of drug-likeness (QED) is 0.785. The summed E-state index contributed by atoms with van der Waals surface area (Å²) in [6, 6.07) is 7.98. The van der Waals surface area contributed by atoms with Gasteiger partial charge in [-0.2, -0.15) is 0 Å². The van der Waals surface area contributed by atoms with Crippen LogP contribution in [0.3, 0.4) is 0 Å². The third-order valence-corrected chi connectivity index (χ3v) is 5.75. The molecule has 130 valence electrons. The van der Waals surface area contributed by atoms with E-state index in [1.54, 1.807) is 11.1 Å². The number of rotatable bonds is 3. The van der Waals surface area contributed by atoms with Gasteiger partial charge in [0.25, 0.3) is 5.91 Å². The van der Waals surface area contributed by atoms with E-state index in [2.05, 4.69) is 26.8 Å². The molecule has 0 bridgehead atoms. The van der Waals surface area contributed by atoms with Gasteiger partial charge in [0, 0.05) is 56.0 Å². The van der Waals surface area contributed by atoms with Crippen molar-refractivity contribution in [2.75, 3.05) is 50.1 Å². The zero-order valence-electron chi connectivity index (χ0n) is 14.4. The van der Waals surface area contributed by atoms with Crippen LogP contribution >= 0.6 is 11.3 Å². The predicted octanol–water partition coefficient (Wildman–Crippen LogP) is 2.65. The van der Waals surface area contributed by atoms with E-state index in [0.717, 1.165) is 47.9 Å². The number of hydrogen-bond donors (Lipinski definition) is 1. The van der Waals surface area contributed by atoms with Crippen molar-refractivity contribution >= 4 is 39.0 Å². The fourth-order valence-corrected chi connectivity index (χ4v) is 3.98. The Morgan fingerprint density at radius 2 is 2.04 bits per heavy atom. The molecule has 4 rings (SSSR count). The Labute approximate surface area is 150 Å². The summed E-state index contributed by atoms with van der Waals surface area (Å²) in [5.74, 6) is -0.0206. The maximum absolute atomic E-state index is 12.8. The molecule has 1 N–H and O–H groups in total.